The first-order valence-electron chi connectivity index (χ1n) is 5.76. The Bertz CT molecular complexity index is 472. The molecule has 2 rings (SSSR count). The Labute approximate surface area is 105 Å². The van der Waals surface area contributed by atoms with Crippen molar-refractivity contribution in [3.05, 3.63) is 29.8 Å². The fourth-order valence-corrected chi connectivity index (χ4v) is 2.11. The van der Waals surface area contributed by atoms with Crippen LogP contribution in [0.25, 0.3) is 0 Å². The highest BCUT2D eigenvalue weighted by molar-refractivity contribution is 5.96. The van der Waals surface area contributed by atoms with E-state index in [1.807, 2.05) is 31.2 Å². The molecule has 1 aromatic carbocycles. The highest BCUT2D eigenvalue weighted by Gasteiger charge is 2.31. The number of ether oxygens (including phenoxy) is 1. The molecular formula is C13H15NO4. The topological polar surface area (TPSA) is 66.8 Å². The third-order valence-corrected chi connectivity index (χ3v) is 2.86. The molecule has 5 heteroatoms. The van der Waals surface area contributed by atoms with E-state index in [9.17, 15) is 9.59 Å². The number of hydrogen-bond donors (Lipinski definition) is 1. The summed E-state index contributed by atoms with van der Waals surface area (Å²) < 4.78 is 5.12. The molecule has 1 aliphatic rings. The monoisotopic (exact) mass is 249 g/mol. The van der Waals surface area contributed by atoms with Crippen LogP contribution in [0, 0.1) is 6.92 Å². The van der Waals surface area contributed by atoms with E-state index in [1.54, 1.807) is 0 Å². The Kier molecular flexibility index (Phi) is 3.62. The molecule has 1 amide bonds. The molecule has 18 heavy (non-hydrogen) atoms. The second kappa shape index (κ2) is 5.18. The van der Waals surface area contributed by atoms with Gasteiger partial charge in [-0.1, -0.05) is 12.1 Å². The summed E-state index contributed by atoms with van der Waals surface area (Å²) in [6, 6.07) is 7.03. The maximum atomic E-state index is 11.9. The van der Waals surface area contributed by atoms with Crippen LogP contribution in [0.1, 0.15) is 12.0 Å². The number of aliphatic carboxylic acids is 1. The summed E-state index contributed by atoms with van der Waals surface area (Å²) in [6.07, 6.45) is -0.111. The minimum atomic E-state index is -0.934. The first-order chi connectivity index (χ1) is 8.58. The number of nitrogens with zero attached hydrogens (tertiary/aromatic N) is 1. The molecule has 0 spiro atoms. The fourth-order valence-electron chi connectivity index (χ4n) is 2.11. The lowest BCUT2D eigenvalue weighted by Gasteiger charge is -2.34. The summed E-state index contributed by atoms with van der Waals surface area (Å²) in [7, 11) is 0. The van der Waals surface area contributed by atoms with E-state index in [1.165, 1.54) is 4.90 Å². The molecule has 5 nitrogen and oxygen atoms in total. The molecule has 1 unspecified atom stereocenters. The zero-order valence-electron chi connectivity index (χ0n) is 10.1. The molecule has 1 fully saturated rings. The van der Waals surface area contributed by atoms with Gasteiger partial charge in [-0.3, -0.25) is 9.59 Å². The summed E-state index contributed by atoms with van der Waals surface area (Å²) in [5.74, 6) is -1.13. The summed E-state index contributed by atoms with van der Waals surface area (Å²) in [4.78, 5) is 24.3. The minimum absolute atomic E-state index is 0.00403. The average molecular weight is 249 g/mol. The number of morpholine rings is 1. The van der Waals surface area contributed by atoms with Crippen LogP contribution in [0.3, 0.4) is 0 Å². The van der Waals surface area contributed by atoms with Crippen molar-refractivity contribution in [3.8, 4) is 0 Å². The molecule has 1 N–H and O–H groups in total. The molecule has 1 atom stereocenters. The van der Waals surface area contributed by atoms with E-state index in [-0.39, 0.29) is 25.5 Å². The molecule has 0 aromatic heterocycles. The average Bonchev–Trinajstić information content (AvgIpc) is 2.28. The Morgan fingerprint density at radius 2 is 2.33 bits per heavy atom. The Balaban J connectivity index is 2.29. The standard InChI is InChI=1S/C13H15NO4/c1-9-3-2-4-10(5-9)14-11(6-13(16)17)7-18-8-12(14)15/h2-5,11H,6-8H2,1H3,(H,16,17). The van der Waals surface area contributed by atoms with Gasteiger partial charge in [0, 0.05) is 5.69 Å². The molecule has 1 saturated heterocycles. The molecule has 96 valence electrons. The summed E-state index contributed by atoms with van der Waals surface area (Å²) in [6.45, 7) is 2.19. The number of benzene rings is 1. The van der Waals surface area contributed by atoms with Gasteiger partial charge in [0.25, 0.3) is 5.91 Å². The minimum Gasteiger partial charge on any atom is -0.481 e. The Morgan fingerprint density at radius 3 is 3.00 bits per heavy atom. The van der Waals surface area contributed by atoms with Crippen LogP contribution < -0.4 is 4.90 Å². The van der Waals surface area contributed by atoms with Gasteiger partial charge in [-0.2, -0.15) is 0 Å². The van der Waals surface area contributed by atoms with Crippen molar-refractivity contribution < 1.29 is 19.4 Å². The molecule has 0 bridgehead atoms. The van der Waals surface area contributed by atoms with E-state index >= 15 is 0 Å². The van der Waals surface area contributed by atoms with Gasteiger partial charge < -0.3 is 14.7 Å². The SMILES string of the molecule is Cc1cccc(N2C(=O)COCC2CC(=O)O)c1. The summed E-state index contributed by atoms with van der Waals surface area (Å²) in [5, 5.41) is 8.88. The fraction of sp³-hybridized carbons (Fsp3) is 0.385. The van der Waals surface area contributed by atoms with Crippen LogP contribution in [0.2, 0.25) is 0 Å². The maximum absolute atomic E-state index is 11.9. The highest BCUT2D eigenvalue weighted by atomic mass is 16.5. The molecule has 0 saturated carbocycles. The van der Waals surface area contributed by atoms with Gasteiger partial charge in [0.15, 0.2) is 0 Å². The number of carbonyl (C=O) groups excluding carboxylic acids is 1. The predicted octanol–water partition coefficient (Wildman–Crippen LogP) is 1.20. The molecule has 1 aliphatic heterocycles. The van der Waals surface area contributed by atoms with Crippen molar-refractivity contribution in [2.24, 2.45) is 0 Å². The zero-order chi connectivity index (χ0) is 13.1. The second-order valence-corrected chi connectivity index (χ2v) is 4.37. The maximum Gasteiger partial charge on any atom is 0.305 e. The van der Waals surface area contributed by atoms with Crippen molar-refractivity contribution >= 4 is 17.6 Å². The molecule has 1 heterocycles. The number of anilines is 1. The third kappa shape index (κ3) is 2.68. The largest absolute Gasteiger partial charge is 0.481 e. The number of rotatable bonds is 3. The Hall–Kier alpha value is -1.88. The predicted molar refractivity (Wildman–Crippen MR) is 65.5 cm³/mol. The van der Waals surface area contributed by atoms with Crippen molar-refractivity contribution in [1.29, 1.82) is 0 Å². The van der Waals surface area contributed by atoms with Crippen molar-refractivity contribution in [1.82, 2.24) is 0 Å². The van der Waals surface area contributed by atoms with Crippen LogP contribution in [0.15, 0.2) is 24.3 Å². The molecule has 1 aromatic rings. The van der Waals surface area contributed by atoms with Gasteiger partial charge in [-0.25, -0.2) is 0 Å². The van der Waals surface area contributed by atoms with Gasteiger partial charge in [-0.15, -0.1) is 0 Å². The van der Waals surface area contributed by atoms with Crippen LogP contribution in [-0.2, 0) is 14.3 Å². The number of amides is 1. The van der Waals surface area contributed by atoms with Crippen molar-refractivity contribution in [3.63, 3.8) is 0 Å². The Morgan fingerprint density at radius 1 is 1.56 bits per heavy atom. The van der Waals surface area contributed by atoms with Crippen molar-refractivity contribution in [2.75, 3.05) is 18.1 Å². The number of carbonyl (C=O) groups is 2. The normalized spacial score (nSPS) is 19.9. The molecule has 0 aliphatic carbocycles. The van der Waals surface area contributed by atoms with Crippen LogP contribution >= 0.6 is 0 Å². The summed E-state index contributed by atoms with van der Waals surface area (Å²) in [5.41, 5.74) is 1.76. The highest BCUT2D eigenvalue weighted by Crippen LogP contribution is 2.23. The van der Waals surface area contributed by atoms with Crippen LogP contribution in [-0.4, -0.2) is 36.2 Å². The quantitative estimate of drug-likeness (QED) is 0.874. The first kappa shape index (κ1) is 12.6. The van der Waals surface area contributed by atoms with Gasteiger partial charge in [0.1, 0.15) is 6.61 Å². The van der Waals surface area contributed by atoms with E-state index in [2.05, 4.69) is 0 Å². The number of hydrogen-bond acceptors (Lipinski definition) is 3. The van der Waals surface area contributed by atoms with Crippen LogP contribution in [0.5, 0.6) is 0 Å². The van der Waals surface area contributed by atoms with Crippen molar-refractivity contribution in [2.45, 2.75) is 19.4 Å². The number of carboxylic acid groups (broad SMARTS) is 1. The number of aryl methyl sites for hydroxylation is 1. The third-order valence-electron chi connectivity index (χ3n) is 2.86. The van der Waals surface area contributed by atoms with Crippen LogP contribution in [0.4, 0.5) is 5.69 Å². The van der Waals surface area contributed by atoms with E-state index in [4.69, 9.17) is 9.84 Å². The first-order valence-corrected chi connectivity index (χ1v) is 5.76. The van der Waals surface area contributed by atoms with Gasteiger partial charge in [0.05, 0.1) is 19.1 Å². The van der Waals surface area contributed by atoms with Gasteiger partial charge >= 0.3 is 5.97 Å². The molecular weight excluding hydrogens is 234 g/mol. The second-order valence-electron chi connectivity index (χ2n) is 4.37. The molecule has 0 radical (unpaired) electrons. The lowest BCUT2D eigenvalue weighted by molar-refractivity contribution is -0.138. The van der Waals surface area contributed by atoms with E-state index in [0.717, 1.165) is 11.3 Å². The van der Waals surface area contributed by atoms with E-state index < -0.39 is 12.0 Å². The lowest BCUT2D eigenvalue weighted by atomic mass is 10.1. The number of carboxylic acids is 1. The van der Waals surface area contributed by atoms with E-state index in [0.29, 0.717) is 0 Å². The zero-order valence-corrected chi connectivity index (χ0v) is 10.1. The summed E-state index contributed by atoms with van der Waals surface area (Å²) >= 11 is 0. The van der Waals surface area contributed by atoms with Gasteiger partial charge in [0.2, 0.25) is 0 Å². The van der Waals surface area contributed by atoms with Gasteiger partial charge in [-0.05, 0) is 24.6 Å². The smallest absolute Gasteiger partial charge is 0.305 e. The lowest BCUT2D eigenvalue weighted by Crippen LogP contribution is -2.50.